The Labute approximate surface area is 181 Å². The molecule has 2 aromatic rings. The largest absolute Gasteiger partial charge is 0.495 e. The molecule has 2 N–H and O–H groups in total. The molecule has 2 atom stereocenters. The van der Waals surface area contributed by atoms with Crippen LogP contribution in [-0.4, -0.2) is 46.0 Å². The first-order valence-corrected chi connectivity index (χ1v) is 11.7. The Bertz CT molecular complexity index is 976. The number of hydrogen-bond donors (Lipinski definition) is 2. The van der Waals surface area contributed by atoms with Crippen molar-refractivity contribution in [3.05, 3.63) is 48.5 Å². The number of amides is 2. The average molecular weight is 447 g/mol. The zero-order chi connectivity index (χ0) is 22.4. The molecule has 0 aliphatic carbocycles. The van der Waals surface area contributed by atoms with E-state index >= 15 is 0 Å². The van der Waals surface area contributed by atoms with Crippen molar-refractivity contribution in [3.8, 4) is 11.5 Å². The SMILES string of the molecule is COc1ccccc1NC(=O)C[C@@H]1CS(=O)(=O)C[C@H]1CC(=O)Nc1ccccc1OC. The average Bonchev–Trinajstić information content (AvgIpc) is 3.01. The van der Waals surface area contributed by atoms with E-state index in [9.17, 15) is 18.0 Å². The third-order valence-electron chi connectivity index (χ3n) is 5.26. The van der Waals surface area contributed by atoms with Gasteiger partial charge < -0.3 is 20.1 Å². The quantitative estimate of drug-likeness (QED) is 0.645. The van der Waals surface area contributed by atoms with E-state index in [1.54, 1.807) is 48.5 Å². The van der Waals surface area contributed by atoms with Crippen LogP contribution in [0.5, 0.6) is 11.5 Å². The molecule has 8 nitrogen and oxygen atoms in total. The number of sulfone groups is 1. The second-order valence-electron chi connectivity index (χ2n) is 7.50. The van der Waals surface area contributed by atoms with Crippen LogP contribution in [0.1, 0.15) is 12.8 Å². The molecule has 0 bridgehead atoms. The van der Waals surface area contributed by atoms with Gasteiger partial charge in [0.25, 0.3) is 0 Å². The zero-order valence-electron chi connectivity index (χ0n) is 17.5. The summed E-state index contributed by atoms with van der Waals surface area (Å²) in [6.45, 7) is 0. The van der Waals surface area contributed by atoms with Crippen molar-refractivity contribution < 1.29 is 27.5 Å². The van der Waals surface area contributed by atoms with Gasteiger partial charge in [-0.2, -0.15) is 0 Å². The van der Waals surface area contributed by atoms with E-state index in [4.69, 9.17) is 9.47 Å². The summed E-state index contributed by atoms with van der Waals surface area (Å²) in [5.41, 5.74) is 1.03. The van der Waals surface area contributed by atoms with E-state index in [1.807, 2.05) is 0 Å². The molecule has 3 rings (SSSR count). The molecule has 1 heterocycles. The van der Waals surface area contributed by atoms with Crippen LogP contribution in [0.25, 0.3) is 0 Å². The summed E-state index contributed by atoms with van der Waals surface area (Å²) in [6.07, 6.45) is 0.00771. The molecule has 1 saturated heterocycles. The van der Waals surface area contributed by atoms with E-state index in [0.717, 1.165) is 0 Å². The lowest BCUT2D eigenvalue weighted by Crippen LogP contribution is -2.25. The van der Waals surface area contributed by atoms with Crippen molar-refractivity contribution in [3.63, 3.8) is 0 Å². The smallest absolute Gasteiger partial charge is 0.224 e. The van der Waals surface area contributed by atoms with Crippen LogP contribution in [0.3, 0.4) is 0 Å². The Balaban J connectivity index is 1.65. The normalized spacial score (nSPS) is 19.4. The minimum atomic E-state index is -3.32. The lowest BCUT2D eigenvalue weighted by molar-refractivity contribution is -0.119. The second-order valence-corrected chi connectivity index (χ2v) is 9.66. The molecule has 0 unspecified atom stereocenters. The Kier molecular flexibility index (Phi) is 7.17. The van der Waals surface area contributed by atoms with E-state index < -0.39 is 21.7 Å². The maximum absolute atomic E-state index is 12.6. The number of para-hydroxylation sites is 4. The number of methoxy groups -OCH3 is 2. The van der Waals surface area contributed by atoms with E-state index in [-0.39, 0.29) is 36.2 Å². The van der Waals surface area contributed by atoms with Crippen molar-refractivity contribution in [2.24, 2.45) is 11.8 Å². The van der Waals surface area contributed by atoms with Gasteiger partial charge in [-0.1, -0.05) is 24.3 Å². The number of anilines is 2. The highest BCUT2D eigenvalue weighted by Gasteiger charge is 2.39. The van der Waals surface area contributed by atoms with Crippen LogP contribution in [0.4, 0.5) is 11.4 Å². The van der Waals surface area contributed by atoms with Gasteiger partial charge >= 0.3 is 0 Å². The van der Waals surface area contributed by atoms with Gasteiger partial charge in [0, 0.05) is 12.8 Å². The van der Waals surface area contributed by atoms with Crippen LogP contribution in [0.15, 0.2) is 48.5 Å². The third kappa shape index (κ3) is 5.97. The standard InChI is InChI=1S/C22H26N2O6S/c1-29-19-9-5-3-7-17(19)23-21(25)11-15-13-31(27,28)14-16(15)12-22(26)24-18-8-4-6-10-20(18)30-2/h3-10,15-16H,11-14H2,1-2H3,(H,23,25)(H,24,26)/t15-,16-/m1/s1. The van der Waals surface area contributed by atoms with Crippen LogP contribution in [0.2, 0.25) is 0 Å². The fraction of sp³-hybridized carbons (Fsp3) is 0.364. The molecular weight excluding hydrogens is 420 g/mol. The van der Waals surface area contributed by atoms with Crippen molar-refractivity contribution in [1.29, 1.82) is 0 Å². The molecule has 9 heteroatoms. The first-order chi connectivity index (χ1) is 14.8. The second kappa shape index (κ2) is 9.82. The van der Waals surface area contributed by atoms with Crippen LogP contribution in [-0.2, 0) is 19.4 Å². The minimum absolute atomic E-state index is 0.00385. The van der Waals surface area contributed by atoms with Gasteiger partial charge in [-0.05, 0) is 36.1 Å². The molecule has 2 amide bonds. The summed E-state index contributed by atoms with van der Waals surface area (Å²) in [4.78, 5) is 25.1. The summed E-state index contributed by atoms with van der Waals surface area (Å²) in [5, 5.41) is 5.54. The van der Waals surface area contributed by atoms with Gasteiger partial charge in [0.05, 0.1) is 37.1 Å². The lowest BCUT2D eigenvalue weighted by atomic mass is 9.89. The summed E-state index contributed by atoms with van der Waals surface area (Å²) in [5.74, 6) is -0.710. The van der Waals surface area contributed by atoms with Gasteiger partial charge in [0.1, 0.15) is 11.5 Å². The molecule has 1 fully saturated rings. The molecule has 0 saturated carbocycles. The van der Waals surface area contributed by atoms with Crippen LogP contribution < -0.4 is 20.1 Å². The molecule has 0 aromatic heterocycles. The first-order valence-electron chi connectivity index (χ1n) is 9.87. The summed E-state index contributed by atoms with van der Waals surface area (Å²) in [7, 11) is -0.307. The van der Waals surface area contributed by atoms with Gasteiger partial charge in [0.2, 0.25) is 11.8 Å². The number of nitrogens with one attached hydrogen (secondary N) is 2. The van der Waals surface area contributed by atoms with Gasteiger partial charge in [-0.3, -0.25) is 9.59 Å². The molecule has 1 aliphatic rings. The predicted molar refractivity (Wildman–Crippen MR) is 118 cm³/mol. The maximum atomic E-state index is 12.6. The predicted octanol–water partition coefficient (Wildman–Crippen LogP) is 2.72. The number of benzene rings is 2. The van der Waals surface area contributed by atoms with E-state index in [2.05, 4.69) is 10.6 Å². The molecule has 1 aliphatic heterocycles. The minimum Gasteiger partial charge on any atom is -0.495 e. The Morgan fingerprint density at radius 1 is 0.806 bits per heavy atom. The Morgan fingerprint density at radius 3 is 1.58 bits per heavy atom. The third-order valence-corrected chi connectivity index (χ3v) is 7.13. The number of ether oxygens (including phenoxy) is 2. The highest BCUT2D eigenvalue weighted by atomic mass is 32.2. The van der Waals surface area contributed by atoms with Crippen LogP contribution in [0, 0.1) is 11.8 Å². The number of carbonyl (C=O) groups is 2. The molecule has 31 heavy (non-hydrogen) atoms. The number of carbonyl (C=O) groups excluding carboxylic acids is 2. The first kappa shape index (κ1) is 22.6. The summed E-state index contributed by atoms with van der Waals surface area (Å²) in [6, 6.07) is 14.0. The monoisotopic (exact) mass is 446 g/mol. The van der Waals surface area contributed by atoms with E-state index in [1.165, 1.54) is 14.2 Å². The highest BCUT2D eigenvalue weighted by Crippen LogP contribution is 2.33. The summed E-state index contributed by atoms with van der Waals surface area (Å²) >= 11 is 0. The topological polar surface area (TPSA) is 111 Å². The Morgan fingerprint density at radius 2 is 1.19 bits per heavy atom. The molecule has 0 spiro atoms. The molecule has 0 radical (unpaired) electrons. The lowest BCUT2D eigenvalue weighted by Gasteiger charge is -2.18. The van der Waals surface area contributed by atoms with E-state index in [0.29, 0.717) is 22.9 Å². The molecular formula is C22H26N2O6S. The Hall–Kier alpha value is -3.07. The van der Waals surface area contributed by atoms with Crippen molar-refractivity contribution >= 4 is 33.0 Å². The van der Waals surface area contributed by atoms with Crippen LogP contribution >= 0.6 is 0 Å². The van der Waals surface area contributed by atoms with Crippen molar-refractivity contribution in [2.45, 2.75) is 12.8 Å². The number of hydrogen-bond acceptors (Lipinski definition) is 6. The number of rotatable bonds is 8. The maximum Gasteiger partial charge on any atom is 0.224 e. The summed E-state index contributed by atoms with van der Waals surface area (Å²) < 4.78 is 34.9. The fourth-order valence-electron chi connectivity index (χ4n) is 3.82. The van der Waals surface area contributed by atoms with Crippen molar-refractivity contribution in [2.75, 3.05) is 36.4 Å². The molecule has 166 valence electrons. The van der Waals surface area contributed by atoms with Gasteiger partial charge in [-0.15, -0.1) is 0 Å². The molecule has 2 aromatic carbocycles. The van der Waals surface area contributed by atoms with Gasteiger partial charge in [0.15, 0.2) is 9.84 Å². The van der Waals surface area contributed by atoms with Gasteiger partial charge in [-0.25, -0.2) is 8.42 Å². The van der Waals surface area contributed by atoms with Crippen molar-refractivity contribution in [1.82, 2.24) is 0 Å². The zero-order valence-corrected chi connectivity index (χ0v) is 18.3. The fourth-order valence-corrected chi connectivity index (χ4v) is 6.04. The highest BCUT2D eigenvalue weighted by molar-refractivity contribution is 7.91.